The van der Waals surface area contributed by atoms with E-state index in [2.05, 4.69) is 0 Å². The predicted molar refractivity (Wildman–Crippen MR) is 27.4 cm³/mol. The maximum absolute atomic E-state index is 8.25. The molecule has 34 valence electrons. The number of nitrogens with zero attached hydrogens (tertiary/aromatic N) is 1. The van der Waals surface area contributed by atoms with E-state index < -0.39 is 5.09 Å². The van der Waals surface area contributed by atoms with Gasteiger partial charge >= 0.3 is 50.4 Å². The molecular weight excluding hydrogens is 294 g/mol. The Labute approximate surface area is 70.3 Å². The van der Waals surface area contributed by atoms with Crippen LogP contribution in [0.3, 0.4) is 0 Å². The van der Waals surface area contributed by atoms with E-state index in [9.17, 15) is 0 Å². The average Bonchev–Trinajstić information content (AvgIpc) is 0.811. The summed E-state index contributed by atoms with van der Waals surface area (Å²) in [6, 6.07) is 0. The van der Waals surface area contributed by atoms with Crippen LogP contribution in [-0.4, -0.2) is 55.4 Å². The van der Waals surface area contributed by atoms with Crippen molar-refractivity contribution >= 4 is 50.4 Å². The van der Waals surface area contributed by atoms with Crippen LogP contribution in [0.15, 0.2) is 0 Å². The van der Waals surface area contributed by atoms with E-state index in [1.165, 1.54) is 0 Å². The number of hydrogen-bond donors (Lipinski definition) is 0. The second kappa shape index (κ2) is 9.31. The average molecular weight is 298 g/mol. The first kappa shape index (κ1) is 15.8. The van der Waals surface area contributed by atoms with Gasteiger partial charge in [0.1, 0.15) is 0 Å². The molecule has 0 rings (SSSR count). The Hall–Kier alpha value is 0.888. The van der Waals surface area contributed by atoms with Gasteiger partial charge in [-0.3, -0.25) is 0 Å². The Morgan fingerprint density at radius 3 is 1.33 bits per heavy atom. The van der Waals surface area contributed by atoms with Crippen LogP contribution in [0, 0.1) is 15.3 Å². The molecule has 0 fully saturated rings. The molecule has 0 unspecified atom stereocenters. The molecule has 0 spiro atoms. The summed E-state index contributed by atoms with van der Waals surface area (Å²) in [7, 11) is 0. The van der Waals surface area contributed by atoms with Crippen molar-refractivity contribution in [3.05, 3.63) is 15.3 Å². The predicted octanol–water partition coefficient (Wildman–Crippen LogP) is -2.07. The van der Waals surface area contributed by atoms with Gasteiger partial charge in [-0.15, -0.1) is 0 Å². The quantitative estimate of drug-likeness (QED) is 0.293. The van der Waals surface area contributed by atoms with Gasteiger partial charge in [-0.25, -0.2) is 0 Å². The summed E-state index contributed by atoms with van der Waals surface area (Å²) in [5.41, 5.74) is 0. The molecule has 6 heavy (non-hydrogen) atoms. The molecule has 0 aliphatic heterocycles. The van der Waals surface area contributed by atoms with Crippen molar-refractivity contribution in [2.75, 3.05) is 0 Å². The van der Waals surface area contributed by atoms with E-state index >= 15 is 0 Å². The van der Waals surface area contributed by atoms with Gasteiger partial charge in [-0.2, -0.15) is 0 Å². The van der Waals surface area contributed by atoms with E-state index in [1.54, 1.807) is 0 Å². The van der Waals surface area contributed by atoms with Gasteiger partial charge in [0.25, 0.3) is 0 Å². The SMILES string of the molecule is O=[N+]([O-])[O-].[MgH2].[PbH2]. The van der Waals surface area contributed by atoms with E-state index in [1.807, 2.05) is 0 Å². The van der Waals surface area contributed by atoms with Gasteiger partial charge in [0.15, 0.2) is 0 Å². The standard InChI is InChI=1S/Mg.NO3.Pb.4H/c;2-1(3)4;;;;;/q;-1;;;;;. The summed E-state index contributed by atoms with van der Waals surface area (Å²) in [5.74, 6) is 0. The second-order valence-electron chi connectivity index (χ2n) is 0.224. The first-order chi connectivity index (χ1) is 1.73. The van der Waals surface area contributed by atoms with Crippen molar-refractivity contribution in [2.24, 2.45) is 0 Å². The van der Waals surface area contributed by atoms with Crippen molar-refractivity contribution in [1.29, 1.82) is 0 Å². The van der Waals surface area contributed by atoms with E-state index in [-0.39, 0.29) is 50.4 Å². The minimum absolute atomic E-state index is 0. The van der Waals surface area contributed by atoms with Crippen molar-refractivity contribution in [1.82, 2.24) is 0 Å². The summed E-state index contributed by atoms with van der Waals surface area (Å²) >= 11 is 0. The van der Waals surface area contributed by atoms with Crippen LogP contribution >= 0.6 is 0 Å². The molecule has 0 aliphatic carbocycles. The van der Waals surface area contributed by atoms with Gasteiger partial charge in [0.05, 0.1) is 5.09 Å². The minimum atomic E-state index is -1.75. The summed E-state index contributed by atoms with van der Waals surface area (Å²) < 4.78 is 0. The molecule has 4 nitrogen and oxygen atoms in total. The fourth-order valence-corrected chi connectivity index (χ4v) is 0. The van der Waals surface area contributed by atoms with Gasteiger partial charge in [-0.1, -0.05) is 0 Å². The second-order valence-corrected chi connectivity index (χ2v) is 0.224. The molecule has 0 bridgehead atoms. The summed E-state index contributed by atoms with van der Waals surface area (Å²) in [5, 5.41) is 14.8. The molecular formula is H4MgNO3Pb-. The van der Waals surface area contributed by atoms with Crippen LogP contribution in [0.25, 0.3) is 0 Å². The molecule has 0 heterocycles. The zero-order valence-corrected chi connectivity index (χ0v) is 7.88. The zero-order valence-electron chi connectivity index (χ0n) is 2.38. The normalized spacial score (nSPS) is 4.00. The van der Waals surface area contributed by atoms with Gasteiger partial charge in [0, 0.05) is 0 Å². The topological polar surface area (TPSA) is 66.2 Å². The zero-order chi connectivity index (χ0) is 3.58. The van der Waals surface area contributed by atoms with Crippen LogP contribution in [0.4, 0.5) is 0 Å². The maximum atomic E-state index is 8.25. The van der Waals surface area contributed by atoms with E-state index in [4.69, 9.17) is 15.3 Å². The summed E-state index contributed by atoms with van der Waals surface area (Å²) in [4.78, 5) is 8.25. The summed E-state index contributed by atoms with van der Waals surface area (Å²) in [6.45, 7) is 0. The first-order valence-corrected chi connectivity index (χ1v) is 0.548. The Balaban J connectivity index is -0.0000000450. The molecule has 6 heteroatoms. The molecule has 0 saturated carbocycles. The molecule has 0 aromatic heterocycles. The van der Waals surface area contributed by atoms with Crippen molar-refractivity contribution in [3.8, 4) is 0 Å². The Bertz CT molecular complexity index is 33.8. The summed E-state index contributed by atoms with van der Waals surface area (Å²) in [6.07, 6.45) is 0. The first-order valence-electron chi connectivity index (χ1n) is 0.548. The molecule has 2 radical (unpaired) electrons. The van der Waals surface area contributed by atoms with Crippen LogP contribution in [-0.2, 0) is 0 Å². The van der Waals surface area contributed by atoms with Gasteiger partial charge in [-0.05, 0) is 0 Å². The molecule has 0 amide bonds. The van der Waals surface area contributed by atoms with Crippen molar-refractivity contribution < 1.29 is 5.09 Å². The van der Waals surface area contributed by atoms with Crippen LogP contribution in [0.2, 0.25) is 0 Å². The number of hydrogen-bond acceptors (Lipinski definition) is 3. The molecule has 0 aromatic carbocycles. The van der Waals surface area contributed by atoms with Crippen LogP contribution in [0.1, 0.15) is 0 Å². The Morgan fingerprint density at radius 2 is 1.33 bits per heavy atom. The molecule has 0 aromatic rings. The third-order valence-electron chi connectivity index (χ3n) is 0. The van der Waals surface area contributed by atoms with Gasteiger partial charge < -0.3 is 15.3 Å². The van der Waals surface area contributed by atoms with Crippen molar-refractivity contribution in [3.63, 3.8) is 0 Å². The van der Waals surface area contributed by atoms with Crippen LogP contribution < -0.4 is 0 Å². The number of rotatable bonds is 0. The van der Waals surface area contributed by atoms with Crippen LogP contribution in [0.5, 0.6) is 0 Å². The monoisotopic (exact) mass is 298 g/mol. The van der Waals surface area contributed by atoms with E-state index in [0.29, 0.717) is 0 Å². The molecule has 0 saturated heterocycles. The third kappa shape index (κ3) is 93.7. The van der Waals surface area contributed by atoms with Gasteiger partial charge in [0.2, 0.25) is 0 Å². The fourth-order valence-electron chi connectivity index (χ4n) is 0. The molecule has 0 atom stereocenters. The Morgan fingerprint density at radius 1 is 1.33 bits per heavy atom. The Kier molecular flexibility index (Phi) is 24.5. The molecule has 0 aliphatic rings. The molecule has 0 N–H and O–H groups in total. The van der Waals surface area contributed by atoms with E-state index in [0.717, 1.165) is 0 Å². The third-order valence-corrected chi connectivity index (χ3v) is 0. The fraction of sp³-hybridized carbons (Fsp3) is 0. The van der Waals surface area contributed by atoms with Crippen molar-refractivity contribution in [2.45, 2.75) is 0 Å².